The number of hydrogen-bond acceptors (Lipinski definition) is 4. The average molecular weight is 401 g/mol. The van der Waals surface area contributed by atoms with E-state index in [4.69, 9.17) is 3.63 Å². The van der Waals surface area contributed by atoms with Gasteiger partial charge in [-0.15, -0.1) is 0 Å². The highest BCUT2D eigenvalue weighted by Gasteiger charge is 2.51. The van der Waals surface area contributed by atoms with Gasteiger partial charge in [0, 0.05) is 18.8 Å². The van der Waals surface area contributed by atoms with Gasteiger partial charge in [-0.3, -0.25) is 4.79 Å². The fraction of sp³-hybridized carbons (Fsp3) is 0.938. The van der Waals surface area contributed by atoms with Crippen LogP contribution in [0.3, 0.4) is 0 Å². The van der Waals surface area contributed by atoms with Crippen molar-refractivity contribution in [2.24, 2.45) is 17.8 Å². The molecule has 3 rings (SSSR count). The fourth-order valence-corrected chi connectivity index (χ4v) is 8.73. The molecule has 25 heavy (non-hydrogen) atoms. The lowest BCUT2D eigenvalue weighted by atomic mass is 9.90. The summed E-state index contributed by atoms with van der Waals surface area (Å²) in [6.45, 7) is 0. The minimum atomic E-state index is -4.84. The Bertz CT molecular complexity index is 605. The maximum absolute atomic E-state index is 12.5. The van der Waals surface area contributed by atoms with Crippen molar-refractivity contribution >= 4 is 27.1 Å². The standard InChI is InChI=1S/C16H24F3O4S2/c17-16(18,19)10-25(21,22)23-24(15-4-2-1-3-14(15)20)9-13-8-11-5-6-12(13)7-11/h11-13,15H,1-10H2/q+1. The number of ketones is 1. The van der Waals surface area contributed by atoms with Gasteiger partial charge in [0.05, 0.1) is 0 Å². The molecule has 0 spiro atoms. The van der Waals surface area contributed by atoms with E-state index in [0.29, 0.717) is 30.4 Å². The van der Waals surface area contributed by atoms with Crippen molar-refractivity contribution in [1.29, 1.82) is 0 Å². The average Bonchev–Trinajstić information content (AvgIpc) is 3.06. The molecule has 0 aromatic carbocycles. The molecule has 9 heteroatoms. The third kappa shape index (κ3) is 5.13. The van der Waals surface area contributed by atoms with Crippen LogP contribution in [0.15, 0.2) is 0 Å². The van der Waals surface area contributed by atoms with Crippen LogP contribution in [0.5, 0.6) is 0 Å². The van der Waals surface area contributed by atoms with E-state index < -0.39 is 38.5 Å². The number of carbonyl (C=O) groups excluding carboxylic acids is 1. The highest BCUT2D eigenvalue weighted by molar-refractivity contribution is 8.03. The normalized spacial score (nSPS) is 34.4. The molecule has 0 aromatic heterocycles. The number of carbonyl (C=O) groups is 1. The molecule has 0 N–H and O–H groups in total. The SMILES string of the molecule is O=C1CCCCC1[S+](CC1CC2CCC1C2)OS(=O)(=O)CC(F)(F)F. The summed E-state index contributed by atoms with van der Waals surface area (Å²) in [6, 6.07) is 0. The second-order valence-electron chi connectivity index (χ2n) is 7.57. The number of halogens is 3. The molecule has 0 aromatic rings. The van der Waals surface area contributed by atoms with Crippen LogP contribution in [-0.2, 0) is 29.7 Å². The van der Waals surface area contributed by atoms with Crippen LogP contribution in [0.1, 0.15) is 51.4 Å². The predicted molar refractivity (Wildman–Crippen MR) is 89.4 cm³/mol. The molecule has 4 nitrogen and oxygen atoms in total. The van der Waals surface area contributed by atoms with Crippen LogP contribution >= 0.6 is 0 Å². The van der Waals surface area contributed by atoms with Crippen molar-refractivity contribution in [1.82, 2.24) is 0 Å². The van der Waals surface area contributed by atoms with Gasteiger partial charge >= 0.3 is 16.3 Å². The summed E-state index contributed by atoms with van der Waals surface area (Å²) < 4.78 is 66.4. The topological polar surface area (TPSA) is 60.4 Å². The Balaban J connectivity index is 1.73. The quantitative estimate of drug-likeness (QED) is 0.640. The summed E-state index contributed by atoms with van der Waals surface area (Å²) in [5.41, 5.74) is 0. The maximum atomic E-state index is 12.5. The largest absolute Gasteiger partial charge is 0.405 e. The van der Waals surface area contributed by atoms with E-state index in [1.54, 1.807) is 0 Å². The van der Waals surface area contributed by atoms with E-state index in [2.05, 4.69) is 0 Å². The maximum Gasteiger partial charge on any atom is 0.405 e. The zero-order valence-electron chi connectivity index (χ0n) is 14.0. The van der Waals surface area contributed by atoms with Crippen molar-refractivity contribution in [2.45, 2.75) is 62.8 Å². The van der Waals surface area contributed by atoms with Crippen LogP contribution in [0.2, 0.25) is 0 Å². The number of alkyl halides is 3. The Hall–Kier alpha value is -0.280. The van der Waals surface area contributed by atoms with Gasteiger partial charge in [0.25, 0.3) is 0 Å². The lowest BCUT2D eigenvalue weighted by molar-refractivity contribution is -0.119. The second-order valence-corrected chi connectivity index (χ2v) is 11.2. The molecule has 5 unspecified atom stereocenters. The Morgan fingerprint density at radius 3 is 2.44 bits per heavy atom. The molecule has 2 bridgehead atoms. The molecule has 3 fully saturated rings. The Morgan fingerprint density at radius 1 is 1.12 bits per heavy atom. The van der Waals surface area contributed by atoms with Crippen molar-refractivity contribution in [3.63, 3.8) is 0 Å². The highest BCUT2D eigenvalue weighted by Crippen LogP contribution is 2.49. The van der Waals surface area contributed by atoms with Gasteiger partial charge in [0.2, 0.25) is 5.25 Å². The number of Topliss-reactive ketones (excluding diaryl/α,β-unsaturated/α-hetero) is 1. The minimum Gasteiger partial charge on any atom is -0.294 e. The van der Waals surface area contributed by atoms with E-state index >= 15 is 0 Å². The van der Waals surface area contributed by atoms with Crippen molar-refractivity contribution in [3.05, 3.63) is 0 Å². The van der Waals surface area contributed by atoms with E-state index in [-0.39, 0.29) is 11.7 Å². The minimum absolute atomic E-state index is 0.0556. The second kappa shape index (κ2) is 7.38. The van der Waals surface area contributed by atoms with E-state index in [0.717, 1.165) is 32.1 Å². The zero-order chi connectivity index (χ0) is 18.2. The molecule has 5 atom stereocenters. The number of hydrogen-bond donors (Lipinski definition) is 0. The van der Waals surface area contributed by atoms with Crippen LogP contribution in [0.4, 0.5) is 13.2 Å². The van der Waals surface area contributed by atoms with E-state index in [9.17, 15) is 26.4 Å². The van der Waals surface area contributed by atoms with Crippen LogP contribution < -0.4 is 0 Å². The smallest absolute Gasteiger partial charge is 0.294 e. The van der Waals surface area contributed by atoms with E-state index in [1.807, 2.05) is 0 Å². The van der Waals surface area contributed by atoms with Crippen molar-refractivity contribution < 1.29 is 30.0 Å². The van der Waals surface area contributed by atoms with Gasteiger partial charge in [-0.2, -0.15) is 21.6 Å². The Labute approximate surface area is 149 Å². The molecule has 3 saturated carbocycles. The molecular formula is C16H24F3O4S2+. The highest BCUT2D eigenvalue weighted by atomic mass is 32.3. The molecule has 0 heterocycles. The lowest BCUT2D eigenvalue weighted by Crippen LogP contribution is -2.41. The molecule has 0 aliphatic heterocycles. The summed E-state index contributed by atoms with van der Waals surface area (Å²) in [5.74, 6) is -0.199. The van der Waals surface area contributed by atoms with Crippen molar-refractivity contribution in [2.75, 3.05) is 11.5 Å². The summed E-state index contributed by atoms with van der Waals surface area (Å²) in [6.07, 6.45) is 1.99. The first-order valence-corrected chi connectivity index (χ1v) is 11.8. The predicted octanol–water partition coefficient (Wildman–Crippen LogP) is 3.38. The molecule has 144 valence electrons. The number of fused-ring (bicyclic) bond motifs is 2. The molecular weight excluding hydrogens is 377 g/mol. The van der Waals surface area contributed by atoms with Crippen LogP contribution in [0, 0.1) is 17.8 Å². The van der Waals surface area contributed by atoms with Gasteiger partial charge in [-0.1, -0.05) is 6.42 Å². The summed E-state index contributed by atoms with van der Waals surface area (Å²) >= 11 is -1.27. The first-order valence-electron chi connectivity index (χ1n) is 8.85. The third-order valence-corrected chi connectivity index (χ3v) is 9.71. The van der Waals surface area contributed by atoms with Gasteiger partial charge < -0.3 is 0 Å². The van der Waals surface area contributed by atoms with Gasteiger partial charge in [-0.25, -0.2) is 0 Å². The fourth-order valence-electron chi connectivity index (χ4n) is 4.57. The molecule has 0 radical (unpaired) electrons. The molecule has 3 aliphatic rings. The van der Waals surface area contributed by atoms with Crippen LogP contribution in [0.25, 0.3) is 0 Å². The Morgan fingerprint density at radius 2 is 1.88 bits per heavy atom. The Kier molecular flexibility index (Phi) is 5.75. The first kappa shape index (κ1) is 19.5. The summed E-state index contributed by atoms with van der Waals surface area (Å²) in [4.78, 5) is 12.3. The third-order valence-electron chi connectivity index (χ3n) is 5.61. The first-order chi connectivity index (χ1) is 11.6. The summed E-state index contributed by atoms with van der Waals surface area (Å²) in [5, 5.41) is -0.559. The van der Waals surface area contributed by atoms with Gasteiger partial charge in [-0.05, 0) is 47.6 Å². The molecule has 3 aliphatic carbocycles. The van der Waals surface area contributed by atoms with Crippen LogP contribution in [-0.4, -0.2) is 37.1 Å². The monoisotopic (exact) mass is 401 g/mol. The van der Waals surface area contributed by atoms with Gasteiger partial charge in [0.15, 0.2) is 22.7 Å². The molecule has 0 saturated heterocycles. The van der Waals surface area contributed by atoms with Gasteiger partial charge in [0.1, 0.15) is 5.75 Å². The summed E-state index contributed by atoms with van der Waals surface area (Å²) in [7, 11) is -4.73. The number of rotatable bonds is 6. The van der Waals surface area contributed by atoms with E-state index in [1.165, 1.54) is 6.42 Å². The molecule has 0 amide bonds. The lowest BCUT2D eigenvalue weighted by Gasteiger charge is -2.24. The zero-order valence-corrected chi connectivity index (χ0v) is 15.6. The van der Waals surface area contributed by atoms with Crippen molar-refractivity contribution in [3.8, 4) is 0 Å².